The fourth-order valence-corrected chi connectivity index (χ4v) is 2.38. The zero-order valence-corrected chi connectivity index (χ0v) is 8.71. The second-order valence-electron chi connectivity index (χ2n) is 3.34. The number of aliphatic imine (C=N–C) groups is 1. The molecule has 0 saturated carbocycles. The molecule has 1 aliphatic rings. The van der Waals surface area contributed by atoms with E-state index in [4.69, 9.17) is 5.73 Å². The summed E-state index contributed by atoms with van der Waals surface area (Å²) in [7, 11) is 0. The van der Waals surface area contributed by atoms with Crippen molar-refractivity contribution in [2.45, 2.75) is 0 Å². The second-order valence-corrected chi connectivity index (χ2v) is 4.08. The maximum absolute atomic E-state index is 5.92. The van der Waals surface area contributed by atoms with Gasteiger partial charge in [0.25, 0.3) is 0 Å². The van der Waals surface area contributed by atoms with Crippen molar-refractivity contribution in [3.8, 4) is 0 Å². The number of thiophene rings is 1. The lowest BCUT2D eigenvalue weighted by atomic mass is 10.2. The van der Waals surface area contributed by atoms with Gasteiger partial charge in [-0.2, -0.15) is 0 Å². The molecular weight excluding hydrogens is 206 g/mol. The monoisotopic (exact) mass is 215 g/mol. The molecule has 74 valence electrons. The molecule has 2 heterocycles. The molecule has 0 aliphatic carbocycles. The first-order chi connectivity index (χ1) is 7.34. The first-order valence-electron chi connectivity index (χ1n) is 4.61. The molecule has 15 heavy (non-hydrogen) atoms. The molecule has 2 aromatic rings. The topological polar surface area (TPSA) is 50.4 Å². The fourth-order valence-electron chi connectivity index (χ4n) is 1.60. The van der Waals surface area contributed by atoms with E-state index in [0.29, 0.717) is 5.84 Å². The number of para-hydroxylation sites is 2. The Hall–Kier alpha value is -1.81. The van der Waals surface area contributed by atoms with E-state index < -0.39 is 0 Å². The Bertz CT molecular complexity index is 542. The summed E-state index contributed by atoms with van der Waals surface area (Å²) in [5, 5.41) is 7.38. The van der Waals surface area contributed by atoms with Crippen LogP contribution in [-0.4, -0.2) is 5.84 Å². The third kappa shape index (κ3) is 1.30. The van der Waals surface area contributed by atoms with Crippen molar-refractivity contribution < 1.29 is 0 Å². The number of nitrogens with one attached hydrogen (secondary N) is 1. The van der Waals surface area contributed by atoms with E-state index in [0.717, 1.165) is 22.6 Å². The van der Waals surface area contributed by atoms with Gasteiger partial charge in [-0.3, -0.25) is 0 Å². The second kappa shape index (κ2) is 3.10. The van der Waals surface area contributed by atoms with Crippen LogP contribution in [0.1, 0.15) is 5.56 Å². The van der Waals surface area contributed by atoms with Gasteiger partial charge in [0.1, 0.15) is 5.84 Å². The molecule has 0 fully saturated rings. The van der Waals surface area contributed by atoms with Gasteiger partial charge in [-0.15, -0.1) is 11.3 Å². The minimum atomic E-state index is 0.573. The third-order valence-electron chi connectivity index (χ3n) is 2.35. The number of fused-ring (bicyclic) bond motifs is 2. The van der Waals surface area contributed by atoms with Gasteiger partial charge in [-0.05, 0) is 12.1 Å². The van der Waals surface area contributed by atoms with Gasteiger partial charge < -0.3 is 11.1 Å². The Labute approximate surface area is 91.3 Å². The molecular formula is C11H9N3S. The summed E-state index contributed by atoms with van der Waals surface area (Å²) >= 11 is 1.62. The summed E-state index contributed by atoms with van der Waals surface area (Å²) in [4.78, 5) is 4.39. The summed E-state index contributed by atoms with van der Waals surface area (Å²) in [6.45, 7) is 0. The number of anilines is 2. The Morgan fingerprint density at radius 3 is 2.93 bits per heavy atom. The fraction of sp³-hybridized carbons (Fsp3) is 0. The van der Waals surface area contributed by atoms with Gasteiger partial charge in [0, 0.05) is 10.8 Å². The minimum absolute atomic E-state index is 0.573. The van der Waals surface area contributed by atoms with Crippen molar-refractivity contribution in [2.24, 2.45) is 10.7 Å². The van der Waals surface area contributed by atoms with Crippen molar-refractivity contribution in [2.75, 3.05) is 5.32 Å². The van der Waals surface area contributed by atoms with Crippen LogP contribution in [0, 0.1) is 0 Å². The lowest BCUT2D eigenvalue weighted by Gasteiger charge is -2.04. The highest BCUT2D eigenvalue weighted by molar-refractivity contribution is 7.08. The van der Waals surface area contributed by atoms with E-state index in [1.807, 2.05) is 35.0 Å². The molecule has 0 atom stereocenters. The highest BCUT2D eigenvalue weighted by Gasteiger charge is 2.13. The van der Waals surface area contributed by atoms with E-state index in [1.54, 1.807) is 11.3 Å². The van der Waals surface area contributed by atoms with Crippen LogP contribution in [0.15, 0.2) is 40.0 Å². The molecule has 0 spiro atoms. The van der Waals surface area contributed by atoms with Crippen LogP contribution in [0.5, 0.6) is 0 Å². The molecule has 0 bridgehead atoms. The summed E-state index contributed by atoms with van der Waals surface area (Å²) in [5.74, 6) is 0.573. The zero-order chi connectivity index (χ0) is 10.3. The molecule has 3 nitrogen and oxygen atoms in total. The normalized spacial score (nSPS) is 13.2. The van der Waals surface area contributed by atoms with Crippen molar-refractivity contribution in [1.82, 2.24) is 0 Å². The lowest BCUT2D eigenvalue weighted by molar-refractivity contribution is 1.48. The van der Waals surface area contributed by atoms with E-state index in [2.05, 4.69) is 10.3 Å². The lowest BCUT2D eigenvalue weighted by Crippen LogP contribution is -2.11. The molecule has 0 radical (unpaired) electrons. The number of rotatable bonds is 0. The van der Waals surface area contributed by atoms with Crippen molar-refractivity contribution in [1.29, 1.82) is 0 Å². The van der Waals surface area contributed by atoms with Crippen LogP contribution in [0.2, 0.25) is 0 Å². The smallest absolute Gasteiger partial charge is 0.134 e. The van der Waals surface area contributed by atoms with Gasteiger partial charge >= 0.3 is 0 Å². The molecule has 1 aromatic heterocycles. The van der Waals surface area contributed by atoms with Gasteiger partial charge in [0.15, 0.2) is 0 Å². The molecule has 1 aliphatic heterocycles. The van der Waals surface area contributed by atoms with Crippen LogP contribution in [0.25, 0.3) is 0 Å². The number of hydrogen-bond acceptors (Lipinski definition) is 4. The van der Waals surface area contributed by atoms with Gasteiger partial charge in [-0.25, -0.2) is 4.99 Å². The first-order valence-corrected chi connectivity index (χ1v) is 5.55. The van der Waals surface area contributed by atoms with Crippen LogP contribution in [-0.2, 0) is 0 Å². The number of nitrogens with two attached hydrogens (primary N) is 1. The molecule has 0 unspecified atom stereocenters. The maximum atomic E-state index is 5.92. The number of benzene rings is 1. The van der Waals surface area contributed by atoms with Crippen LogP contribution < -0.4 is 11.1 Å². The van der Waals surface area contributed by atoms with Crippen LogP contribution >= 0.6 is 11.3 Å². The van der Waals surface area contributed by atoms with E-state index in [-0.39, 0.29) is 0 Å². The highest BCUT2D eigenvalue weighted by atomic mass is 32.1. The Morgan fingerprint density at radius 2 is 2.00 bits per heavy atom. The summed E-state index contributed by atoms with van der Waals surface area (Å²) < 4.78 is 0. The molecule has 3 N–H and O–H groups in total. The van der Waals surface area contributed by atoms with Crippen LogP contribution in [0.4, 0.5) is 17.1 Å². The summed E-state index contributed by atoms with van der Waals surface area (Å²) in [6.07, 6.45) is 0. The predicted octanol–water partition coefficient (Wildman–Crippen LogP) is 2.84. The average Bonchev–Trinajstić information content (AvgIpc) is 2.64. The number of amidine groups is 1. The first kappa shape index (κ1) is 8.49. The molecule has 0 amide bonds. The SMILES string of the molecule is NC1=Nc2ccccc2Nc2cscc21. The van der Waals surface area contributed by atoms with Crippen molar-refractivity contribution >= 4 is 34.2 Å². The van der Waals surface area contributed by atoms with E-state index >= 15 is 0 Å². The van der Waals surface area contributed by atoms with Crippen molar-refractivity contribution in [3.05, 3.63) is 40.6 Å². The number of nitrogens with zero attached hydrogens (tertiary/aromatic N) is 1. The molecule has 1 aromatic carbocycles. The predicted molar refractivity (Wildman–Crippen MR) is 64.4 cm³/mol. The molecule has 0 saturated heterocycles. The minimum Gasteiger partial charge on any atom is -0.383 e. The van der Waals surface area contributed by atoms with Crippen molar-refractivity contribution in [3.63, 3.8) is 0 Å². The van der Waals surface area contributed by atoms with Gasteiger partial charge in [0.05, 0.1) is 22.6 Å². The Kier molecular flexibility index (Phi) is 1.76. The maximum Gasteiger partial charge on any atom is 0.134 e. The zero-order valence-electron chi connectivity index (χ0n) is 7.90. The van der Waals surface area contributed by atoms with Crippen LogP contribution in [0.3, 0.4) is 0 Å². The highest BCUT2D eigenvalue weighted by Crippen LogP contribution is 2.34. The van der Waals surface area contributed by atoms with E-state index in [1.165, 1.54) is 0 Å². The quantitative estimate of drug-likeness (QED) is 0.710. The third-order valence-corrected chi connectivity index (χ3v) is 3.10. The summed E-state index contributed by atoms with van der Waals surface area (Å²) in [6, 6.07) is 7.88. The van der Waals surface area contributed by atoms with E-state index in [9.17, 15) is 0 Å². The molecule has 4 heteroatoms. The average molecular weight is 215 g/mol. The summed E-state index contributed by atoms with van der Waals surface area (Å²) in [5.41, 5.74) is 9.82. The molecule has 3 rings (SSSR count). The largest absolute Gasteiger partial charge is 0.383 e. The Morgan fingerprint density at radius 1 is 1.13 bits per heavy atom. The standard InChI is InChI=1S/C11H9N3S/c12-11-7-5-15-6-10(7)13-8-3-1-2-4-9(8)14-11/h1-6,13H,(H2,12,14). The number of hydrogen-bond donors (Lipinski definition) is 2. The van der Waals surface area contributed by atoms with Gasteiger partial charge in [0.2, 0.25) is 0 Å². The Balaban J connectivity index is 2.25. The van der Waals surface area contributed by atoms with Gasteiger partial charge in [-0.1, -0.05) is 12.1 Å².